The molecule has 2 heterocycles. The first-order chi connectivity index (χ1) is 11.8. The number of rotatable bonds is 6. The predicted octanol–water partition coefficient (Wildman–Crippen LogP) is 1.82. The van der Waals surface area contributed by atoms with Gasteiger partial charge in [-0.25, -0.2) is 0 Å². The normalized spacial score (nSPS) is 22.2. The molecular weight excluding hydrogens is 304 g/mol. The zero-order valence-corrected chi connectivity index (χ0v) is 14.3. The molecule has 2 saturated heterocycles. The molecule has 5 nitrogen and oxygen atoms in total. The monoisotopic (exact) mass is 332 g/mol. The van der Waals surface area contributed by atoms with Crippen molar-refractivity contribution in [1.29, 1.82) is 0 Å². The first-order valence-corrected chi connectivity index (χ1v) is 9.02. The summed E-state index contributed by atoms with van der Waals surface area (Å²) in [7, 11) is 0. The van der Waals surface area contributed by atoms with Crippen LogP contribution in [0.2, 0.25) is 0 Å². The molecule has 2 aliphatic heterocycles. The van der Waals surface area contributed by atoms with Crippen LogP contribution in [-0.4, -0.2) is 56.4 Å². The van der Waals surface area contributed by atoms with Crippen molar-refractivity contribution in [2.24, 2.45) is 5.92 Å². The number of hydrogen-bond donors (Lipinski definition) is 1. The lowest BCUT2D eigenvalue weighted by molar-refractivity contribution is -0.134. The van der Waals surface area contributed by atoms with Crippen molar-refractivity contribution in [2.75, 3.05) is 39.5 Å². The molecule has 0 spiro atoms. The van der Waals surface area contributed by atoms with E-state index in [0.29, 0.717) is 25.5 Å². The van der Waals surface area contributed by atoms with Crippen molar-refractivity contribution in [1.82, 2.24) is 10.2 Å². The van der Waals surface area contributed by atoms with Gasteiger partial charge in [0.15, 0.2) is 0 Å². The number of carbonyl (C=O) groups is 1. The molecule has 1 N–H and O–H groups in total. The third-order valence-corrected chi connectivity index (χ3v) is 4.81. The molecule has 1 unspecified atom stereocenters. The van der Waals surface area contributed by atoms with E-state index in [0.717, 1.165) is 45.8 Å². The first kappa shape index (κ1) is 17.4. The summed E-state index contributed by atoms with van der Waals surface area (Å²) < 4.78 is 10.9. The Morgan fingerprint density at radius 2 is 1.92 bits per heavy atom. The van der Waals surface area contributed by atoms with Crippen LogP contribution in [0.4, 0.5) is 0 Å². The minimum atomic E-state index is 0.138. The molecule has 0 radical (unpaired) electrons. The highest BCUT2D eigenvalue weighted by Gasteiger charge is 2.24. The second kappa shape index (κ2) is 9.16. The number of carbonyl (C=O) groups excluding carboxylic acids is 1. The topological polar surface area (TPSA) is 50.8 Å². The molecule has 0 aliphatic carbocycles. The van der Waals surface area contributed by atoms with E-state index in [1.807, 2.05) is 23.1 Å². The quantitative estimate of drug-likeness (QED) is 0.863. The Labute approximate surface area is 144 Å². The van der Waals surface area contributed by atoms with Crippen LogP contribution in [0.25, 0.3) is 0 Å². The third kappa shape index (κ3) is 5.30. The molecule has 24 heavy (non-hydrogen) atoms. The summed E-state index contributed by atoms with van der Waals surface area (Å²) in [6.07, 6.45) is 2.60. The van der Waals surface area contributed by atoms with Gasteiger partial charge >= 0.3 is 0 Å². The van der Waals surface area contributed by atoms with Gasteiger partial charge in [-0.05, 0) is 24.3 Å². The average molecular weight is 332 g/mol. The summed E-state index contributed by atoms with van der Waals surface area (Å²) in [6, 6.07) is 10.4. The summed E-state index contributed by atoms with van der Waals surface area (Å²) >= 11 is 0. The smallest absolute Gasteiger partial charge is 0.224 e. The minimum absolute atomic E-state index is 0.138. The fourth-order valence-electron chi connectivity index (χ4n) is 3.39. The molecule has 3 rings (SSSR count). The molecule has 0 bridgehead atoms. The first-order valence-electron chi connectivity index (χ1n) is 9.02. The van der Waals surface area contributed by atoms with Crippen LogP contribution in [0.1, 0.15) is 24.8 Å². The fourth-order valence-corrected chi connectivity index (χ4v) is 3.39. The van der Waals surface area contributed by atoms with Gasteiger partial charge < -0.3 is 19.7 Å². The molecule has 2 fully saturated rings. The molecular formula is C19H28N2O3. The lowest BCUT2D eigenvalue weighted by Crippen LogP contribution is -2.46. The highest BCUT2D eigenvalue weighted by molar-refractivity contribution is 5.77. The number of amides is 1. The second-order valence-electron chi connectivity index (χ2n) is 6.75. The molecule has 0 aromatic heterocycles. The highest BCUT2D eigenvalue weighted by atomic mass is 16.5. The number of hydrogen-bond acceptors (Lipinski definition) is 4. The zero-order valence-electron chi connectivity index (χ0n) is 14.3. The molecule has 2 aliphatic rings. The Morgan fingerprint density at radius 3 is 2.62 bits per heavy atom. The molecule has 1 aromatic carbocycles. The summed E-state index contributed by atoms with van der Waals surface area (Å²) in [5.41, 5.74) is 1.19. The van der Waals surface area contributed by atoms with E-state index in [2.05, 4.69) is 17.4 Å². The van der Waals surface area contributed by atoms with Crippen LogP contribution >= 0.6 is 0 Å². The summed E-state index contributed by atoms with van der Waals surface area (Å²) in [5.74, 6) is 0.760. The SMILES string of the molecule is O=C(CC1COCCN1)N(Cc1ccccc1)CC1CCOCC1. The van der Waals surface area contributed by atoms with Crippen molar-refractivity contribution >= 4 is 5.91 Å². The molecule has 5 heteroatoms. The van der Waals surface area contributed by atoms with E-state index in [9.17, 15) is 4.79 Å². The van der Waals surface area contributed by atoms with Crippen LogP contribution in [0.3, 0.4) is 0 Å². The number of morpholine rings is 1. The van der Waals surface area contributed by atoms with E-state index in [1.165, 1.54) is 5.56 Å². The maximum Gasteiger partial charge on any atom is 0.224 e. The number of benzene rings is 1. The maximum atomic E-state index is 12.9. The fraction of sp³-hybridized carbons (Fsp3) is 0.632. The van der Waals surface area contributed by atoms with E-state index in [1.54, 1.807) is 0 Å². The van der Waals surface area contributed by atoms with Crippen LogP contribution in [-0.2, 0) is 20.8 Å². The lowest BCUT2D eigenvalue weighted by Gasteiger charge is -2.32. The van der Waals surface area contributed by atoms with Gasteiger partial charge in [-0.15, -0.1) is 0 Å². The van der Waals surface area contributed by atoms with Crippen molar-refractivity contribution in [3.63, 3.8) is 0 Å². The van der Waals surface area contributed by atoms with Gasteiger partial charge in [0.1, 0.15) is 0 Å². The standard InChI is InChI=1S/C19H28N2O3/c22-19(12-18-15-24-11-8-20-18)21(13-16-4-2-1-3-5-16)14-17-6-9-23-10-7-17/h1-5,17-18,20H,6-15H2. The van der Waals surface area contributed by atoms with Gasteiger partial charge in [0, 0.05) is 45.3 Å². The van der Waals surface area contributed by atoms with Crippen molar-refractivity contribution in [3.8, 4) is 0 Å². The predicted molar refractivity (Wildman–Crippen MR) is 92.6 cm³/mol. The van der Waals surface area contributed by atoms with Crippen LogP contribution in [0.15, 0.2) is 30.3 Å². The third-order valence-electron chi connectivity index (χ3n) is 4.81. The highest BCUT2D eigenvalue weighted by Crippen LogP contribution is 2.19. The molecule has 1 aromatic rings. The number of nitrogens with one attached hydrogen (secondary N) is 1. The van der Waals surface area contributed by atoms with E-state index < -0.39 is 0 Å². The molecule has 1 atom stereocenters. The van der Waals surface area contributed by atoms with E-state index in [4.69, 9.17) is 9.47 Å². The van der Waals surface area contributed by atoms with Crippen LogP contribution in [0.5, 0.6) is 0 Å². The van der Waals surface area contributed by atoms with Gasteiger partial charge in [-0.2, -0.15) is 0 Å². The average Bonchev–Trinajstić information content (AvgIpc) is 2.64. The summed E-state index contributed by atoms with van der Waals surface area (Å²) in [4.78, 5) is 14.9. The molecule has 132 valence electrons. The van der Waals surface area contributed by atoms with Gasteiger partial charge in [-0.1, -0.05) is 30.3 Å². The van der Waals surface area contributed by atoms with E-state index in [-0.39, 0.29) is 11.9 Å². The molecule has 0 saturated carbocycles. The van der Waals surface area contributed by atoms with Gasteiger partial charge in [-0.3, -0.25) is 4.79 Å². The van der Waals surface area contributed by atoms with Gasteiger partial charge in [0.2, 0.25) is 5.91 Å². The Bertz CT molecular complexity index is 497. The van der Waals surface area contributed by atoms with Crippen LogP contribution in [0, 0.1) is 5.92 Å². The summed E-state index contributed by atoms with van der Waals surface area (Å²) in [5, 5.41) is 3.38. The van der Waals surface area contributed by atoms with Crippen molar-refractivity contribution < 1.29 is 14.3 Å². The van der Waals surface area contributed by atoms with Gasteiger partial charge in [0.05, 0.1) is 13.2 Å². The summed E-state index contributed by atoms with van der Waals surface area (Å²) in [6.45, 7) is 5.33. The zero-order chi connectivity index (χ0) is 16.6. The Morgan fingerprint density at radius 1 is 1.12 bits per heavy atom. The lowest BCUT2D eigenvalue weighted by atomic mass is 9.99. The second-order valence-corrected chi connectivity index (χ2v) is 6.75. The van der Waals surface area contributed by atoms with Crippen LogP contribution < -0.4 is 5.32 Å². The Hall–Kier alpha value is -1.43. The minimum Gasteiger partial charge on any atom is -0.381 e. The van der Waals surface area contributed by atoms with Gasteiger partial charge in [0.25, 0.3) is 0 Å². The number of ether oxygens (including phenoxy) is 2. The Kier molecular flexibility index (Phi) is 6.64. The maximum absolute atomic E-state index is 12.9. The van der Waals surface area contributed by atoms with Crippen molar-refractivity contribution in [2.45, 2.75) is 31.8 Å². The number of nitrogens with zero attached hydrogens (tertiary/aromatic N) is 1. The van der Waals surface area contributed by atoms with E-state index >= 15 is 0 Å². The van der Waals surface area contributed by atoms with Crippen molar-refractivity contribution in [3.05, 3.63) is 35.9 Å². The Balaban J connectivity index is 1.61. The molecule has 1 amide bonds. The largest absolute Gasteiger partial charge is 0.381 e.